The van der Waals surface area contributed by atoms with E-state index in [1.807, 2.05) is 6.07 Å². The van der Waals surface area contributed by atoms with Gasteiger partial charge in [0.05, 0.1) is 11.1 Å². The lowest BCUT2D eigenvalue weighted by molar-refractivity contribution is 0.668. The molecule has 0 fully saturated rings. The predicted molar refractivity (Wildman–Crippen MR) is 263 cm³/mol. The molecule has 0 bridgehead atoms. The second-order valence-electron chi connectivity index (χ2n) is 17.1. The van der Waals surface area contributed by atoms with Crippen molar-refractivity contribution >= 4 is 60.9 Å². The van der Waals surface area contributed by atoms with E-state index in [0.717, 1.165) is 72.1 Å². The molecule has 0 aliphatic heterocycles. The predicted octanol–water partition coefficient (Wildman–Crippen LogP) is 16.6. The van der Waals surface area contributed by atoms with Crippen molar-refractivity contribution in [3.63, 3.8) is 0 Å². The van der Waals surface area contributed by atoms with Crippen LogP contribution in [0.5, 0.6) is 0 Å². The smallest absolute Gasteiger partial charge is 0.136 e. The van der Waals surface area contributed by atoms with Crippen molar-refractivity contribution in [2.75, 3.05) is 4.90 Å². The van der Waals surface area contributed by atoms with Crippen LogP contribution in [0.15, 0.2) is 233 Å². The summed E-state index contributed by atoms with van der Waals surface area (Å²) < 4.78 is 13.0. The minimum absolute atomic E-state index is 0.700. The van der Waals surface area contributed by atoms with Crippen molar-refractivity contribution < 1.29 is 8.83 Å². The first-order valence-electron chi connectivity index (χ1n) is 22.0. The molecule has 2 heterocycles. The number of hydrogen-bond acceptors (Lipinski definition) is 3. The lowest BCUT2D eigenvalue weighted by atomic mass is 9.65. The van der Waals surface area contributed by atoms with Gasteiger partial charge >= 0.3 is 0 Å². The summed E-state index contributed by atoms with van der Waals surface area (Å²) in [6.45, 7) is 0. The van der Waals surface area contributed by atoms with Gasteiger partial charge in [-0.3, -0.25) is 0 Å². The van der Waals surface area contributed by atoms with Gasteiger partial charge in [-0.25, -0.2) is 0 Å². The standard InChI is InChI=1S/C61H37NO2/c1-2-16-38(17-3-1)41-18-8-13-27-54(41)62(39-31-34-57-49(36-39)46-22-9-14-28-55(46)63-57)40-30-32-45-43-20-5-4-19-42(43)44-21-6-11-25-50(44)61(53(45)37-40)51-26-12-7-23-47(51)59-52(61)33-35-58-60(59)48-24-10-15-29-56(48)64-58/h1-37H. The summed E-state index contributed by atoms with van der Waals surface area (Å²) in [7, 11) is 0. The summed E-state index contributed by atoms with van der Waals surface area (Å²) in [5, 5.41) is 4.47. The number of fused-ring (bicyclic) bond motifs is 19. The van der Waals surface area contributed by atoms with E-state index in [1.165, 1.54) is 55.6 Å². The molecule has 298 valence electrons. The molecular formula is C61H37NO2. The molecule has 1 atom stereocenters. The highest BCUT2D eigenvalue weighted by Crippen LogP contribution is 2.63. The molecule has 10 aromatic carbocycles. The Morgan fingerprint density at radius 2 is 0.844 bits per heavy atom. The average Bonchev–Trinajstić information content (AvgIpc) is 4.00. The molecule has 3 heteroatoms. The topological polar surface area (TPSA) is 29.5 Å². The Bertz CT molecular complexity index is 3870. The maximum absolute atomic E-state index is 6.62. The molecule has 12 aromatic rings. The molecule has 2 aliphatic carbocycles. The van der Waals surface area contributed by atoms with E-state index in [4.69, 9.17) is 8.83 Å². The molecule has 2 aliphatic rings. The molecule has 2 aromatic heterocycles. The summed E-state index contributed by atoms with van der Waals surface area (Å²) in [5.41, 5.74) is 20.7. The van der Waals surface area contributed by atoms with E-state index in [0.29, 0.717) is 0 Å². The molecule has 0 amide bonds. The van der Waals surface area contributed by atoms with Gasteiger partial charge in [-0.15, -0.1) is 0 Å². The zero-order valence-electron chi connectivity index (χ0n) is 34.6. The van der Waals surface area contributed by atoms with E-state index in [-0.39, 0.29) is 0 Å². The molecule has 1 unspecified atom stereocenters. The largest absolute Gasteiger partial charge is 0.456 e. The number of rotatable bonds is 4. The molecule has 0 saturated carbocycles. The monoisotopic (exact) mass is 815 g/mol. The van der Waals surface area contributed by atoms with Gasteiger partial charge in [0.1, 0.15) is 22.3 Å². The van der Waals surface area contributed by atoms with Gasteiger partial charge in [0.25, 0.3) is 0 Å². The quantitative estimate of drug-likeness (QED) is 0.177. The first kappa shape index (κ1) is 35.2. The van der Waals surface area contributed by atoms with Crippen LogP contribution in [-0.4, -0.2) is 0 Å². The lowest BCUT2D eigenvalue weighted by Crippen LogP contribution is -2.29. The van der Waals surface area contributed by atoms with Crippen LogP contribution in [0.25, 0.3) is 88.4 Å². The van der Waals surface area contributed by atoms with Gasteiger partial charge in [-0.2, -0.15) is 0 Å². The third-order valence-electron chi connectivity index (χ3n) is 13.9. The fourth-order valence-corrected chi connectivity index (χ4v) is 11.3. The second kappa shape index (κ2) is 13.3. The summed E-state index contributed by atoms with van der Waals surface area (Å²) in [4.78, 5) is 2.45. The first-order chi connectivity index (χ1) is 31.8. The van der Waals surface area contributed by atoms with Crippen molar-refractivity contribution in [3.05, 3.63) is 247 Å². The third-order valence-corrected chi connectivity index (χ3v) is 13.9. The van der Waals surface area contributed by atoms with Crippen LogP contribution in [0, 0.1) is 0 Å². The van der Waals surface area contributed by atoms with Crippen LogP contribution in [-0.2, 0) is 5.41 Å². The van der Waals surface area contributed by atoms with Crippen LogP contribution < -0.4 is 4.90 Å². The summed E-state index contributed by atoms with van der Waals surface area (Å²) in [6.07, 6.45) is 0. The van der Waals surface area contributed by atoms with Crippen LogP contribution in [0.4, 0.5) is 17.1 Å². The summed E-state index contributed by atoms with van der Waals surface area (Å²) in [6, 6.07) is 81.9. The number of para-hydroxylation sites is 3. The Kier molecular flexibility index (Phi) is 7.32. The van der Waals surface area contributed by atoms with Crippen molar-refractivity contribution in [1.29, 1.82) is 0 Å². The molecular weight excluding hydrogens is 779 g/mol. The Balaban J connectivity index is 1.13. The number of benzene rings is 10. The van der Waals surface area contributed by atoms with Gasteiger partial charge < -0.3 is 13.7 Å². The van der Waals surface area contributed by atoms with Crippen LogP contribution >= 0.6 is 0 Å². The van der Waals surface area contributed by atoms with E-state index in [1.54, 1.807) is 0 Å². The van der Waals surface area contributed by atoms with E-state index in [9.17, 15) is 0 Å². The van der Waals surface area contributed by atoms with Crippen LogP contribution in [0.2, 0.25) is 0 Å². The minimum Gasteiger partial charge on any atom is -0.456 e. The maximum Gasteiger partial charge on any atom is 0.136 e. The summed E-state index contributed by atoms with van der Waals surface area (Å²) in [5.74, 6) is 0. The van der Waals surface area contributed by atoms with E-state index >= 15 is 0 Å². The van der Waals surface area contributed by atoms with Gasteiger partial charge in [0.2, 0.25) is 0 Å². The summed E-state index contributed by atoms with van der Waals surface area (Å²) >= 11 is 0. The SMILES string of the molecule is c1ccc(-c2ccccc2N(c2ccc3c(c2)C2(c4ccccc4-c4ccccc4-3)c3ccccc3-c3c2ccc2oc4ccccc4c32)c2ccc3oc4ccccc4c3c2)cc1. The lowest BCUT2D eigenvalue weighted by Gasteiger charge is -2.36. The normalized spacial score (nSPS) is 14.6. The number of nitrogens with zero attached hydrogens (tertiary/aromatic N) is 1. The molecule has 64 heavy (non-hydrogen) atoms. The van der Waals surface area contributed by atoms with E-state index in [2.05, 4.69) is 223 Å². The fraction of sp³-hybridized carbons (Fsp3) is 0.0164. The number of anilines is 3. The van der Waals surface area contributed by atoms with Crippen LogP contribution in [0.3, 0.4) is 0 Å². The number of furan rings is 2. The molecule has 1 spiro atoms. The highest BCUT2D eigenvalue weighted by molar-refractivity contribution is 6.16. The minimum atomic E-state index is -0.700. The Morgan fingerprint density at radius 1 is 0.312 bits per heavy atom. The number of hydrogen-bond donors (Lipinski definition) is 0. The molecule has 0 N–H and O–H groups in total. The molecule has 14 rings (SSSR count). The maximum atomic E-state index is 6.62. The highest BCUT2D eigenvalue weighted by atomic mass is 16.3. The molecule has 0 saturated heterocycles. The molecule has 0 radical (unpaired) electrons. The van der Waals surface area contributed by atoms with Crippen molar-refractivity contribution in [2.45, 2.75) is 5.41 Å². The zero-order chi connectivity index (χ0) is 41.9. The second-order valence-corrected chi connectivity index (χ2v) is 17.1. The Morgan fingerprint density at radius 3 is 1.64 bits per heavy atom. The van der Waals surface area contributed by atoms with Crippen LogP contribution in [0.1, 0.15) is 22.3 Å². The van der Waals surface area contributed by atoms with Crippen molar-refractivity contribution in [2.24, 2.45) is 0 Å². The van der Waals surface area contributed by atoms with Gasteiger partial charge in [-0.05, 0) is 116 Å². The van der Waals surface area contributed by atoms with Gasteiger partial charge in [-0.1, -0.05) is 170 Å². The Hall–Kier alpha value is -8.40. The molecule has 3 nitrogen and oxygen atoms in total. The highest BCUT2D eigenvalue weighted by Gasteiger charge is 2.50. The first-order valence-corrected chi connectivity index (χ1v) is 22.0. The van der Waals surface area contributed by atoms with Crippen molar-refractivity contribution in [3.8, 4) is 44.5 Å². The zero-order valence-corrected chi connectivity index (χ0v) is 34.6. The van der Waals surface area contributed by atoms with Crippen molar-refractivity contribution in [1.82, 2.24) is 0 Å². The van der Waals surface area contributed by atoms with Gasteiger partial charge in [0.15, 0.2) is 0 Å². The Labute approximate surface area is 369 Å². The average molecular weight is 816 g/mol. The third kappa shape index (κ3) is 4.76. The van der Waals surface area contributed by atoms with E-state index < -0.39 is 5.41 Å². The fourth-order valence-electron chi connectivity index (χ4n) is 11.3. The van der Waals surface area contributed by atoms with Gasteiger partial charge in [0, 0.05) is 38.5 Å².